The lowest BCUT2D eigenvalue weighted by molar-refractivity contribution is -0.00812. The molecule has 0 aromatic heterocycles. The van der Waals surface area contributed by atoms with Crippen molar-refractivity contribution >= 4 is 0 Å². The standard InChI is InChI=1S/C9H17NO3/c11-6-3-1-2-4-10-5-7(12)9(13)8(6)10/h6-9,11-13H,1-5H2/t6-,7-,8+,9-/m0/s1. The number of aliphatic hydroxyl groups is 3. The molecule has 13 heavy (non-hydrogen) atoms. The Morgan fingerprint density at radius 3 is 2.54 bits per heavy atom. The van der Waals surface area contributed by atoms with E-state index in [1.807, 2.05) is 4.90 Å². The Bertz CT molecular complexity index is 188. The first-order valence-electron chi connectivity index (χ1n) is 4.98. The Morgan fingerprint density at radius 2 is 1.77 bits per heavy atom. The molecule has 0 amide bonds. The van der Waals surface area contributed by atoms with Crippen LogP contribution in [0.5, 0.6) is 0 Å². The van der Waals surface area contributed by atoms with Crippen molar-refractivity contribution in [2.75, 3.05) is 13.1 Å². The smallest absolute Gasteiger partial charge is 0.0991 e. The first-order chi connectivity index (χ1) is 6.20. The maximum absolute atomic E-state index is 9.73. The summed E-state index contributed by atoms with van der Waals surface area (Å²) >= 11 is 0. The van der Waals surface area contributed by atoms with Gasteiger partial charge in [0.15, 0.2) is 0 Å². The van der Waals surface area contributed by atoms with E-state index in [1.54, 1.807) is 0 Å². The van der Waals surface area contributed by atoms with E-state index in [0.717, 1.165) is 25.8 Å². The lowest BCUT2D eigenvalue weighted by atomic mass is 10.0. The predicted molar refractivity (Wildman–Crippen MR) is 47.2 cm³/mol. The van der Waals surface area contributed by atoms with E-state index >= 15 is 0 Å². The van der Waals surface area contributed by atoms with E-state index in [-0.39, 0.29) is 6.04 Å². The molecule has 2 fully saturated rings. The van der Waals surface area contributed by atoms with Gasteiger partial charge in [-0.05, 0) is 25.8 Å². The van der Waals surface area contributed by atoms with E-state index in [0.29, 0.717) is 6.54 Å². The molecule has 0 bridgehead atoms. The van der Waals surface area contributed by atoms with Crippen LogP contribution >= 0.6 is 0 Å². The van der Waals surface area contributed by atoms with Crippen molar-refractivity contribution in [3.05, 3.63) is 0 Å². The summed E-state index contributed by atoms with van der Waals surface area (Å²) in [5.41, 5.74) is 0. The van der Waals surface area contributed by atoms with Crippen molar-refractivity contribution in [2.45, 2.75) is 43.6 Å². The van der Waals surface area contributed by atoms with Crippen molar-refractivity contribution in [1.82, 2.24) is 4.90 Å². The Kier molecular flexibility index (Phi) is 2.55. The summed E-state index contributed by atoms with van der Waals surface area (Å²) < 4.78 is 0. The maximum Gasteiger partial charge on any atom is 0.0991 e. The highest BCUT2D eigenvalue weighted by atomic mass is 16.3. The van der Waals surface area contributed by atoms with Gasteiger partial charge in [-0.15, -0.1) is 0 Å². The zero-order valence-corrected chi connectivity index (χ0v) is 7.63. The van der Waals surface area contributed by atoms with E-state index in [9.17, 15) is 15.3 Å². The van der Waals surface area contributed by atoms with Crippen LogP contribution in [-0.2, 0) is 0 Å². The third kappa shape index (κ3) is 1.59. The molecule has 0 unspecified atom stereocenters. The number of fused-ring (bicyclic) bond motifs is 1. The molecule has 2 saturated heterocycles. The number of hydrogen-bond donors (Lipinski definition) is 3. The second-order valence-electron chi connectivity index (χ2n) is 4.11. The summed E-state index contributed by atoms with van der Waals surface area (Å²) in [7, 11) is 0. The minimum absolute atomic E-state index is 0.238. The van der Waals surface area contributed by atoms with Gasteiger partial charge in [0.05, 0.1) is 24.4 Å². The fourth-order valence-corrected chi connectivity index (χ4v) is 2.46. The van der Waals surface area contributed by atoms with Gasteiger partial charge in [0.1, 0.15) is 0 Å². The summed E-state index contributed by atoms with van der Waals surface area (Å²) in [6, 6.07) is -0.238. The lowest BCUT2D eigenvalue weighted by Gasteiger charge is -2.26. The first kappa shape index (κ1) is 9.40. The second-order valence-corrected chi connectivity index (χ2v) is 4.11. The number of aliphatic hydroxyl groups excluding tert-OH is 3. The van der Waals surface area contributed by atoms with E-state index in [2.05, 4.69) is 0 Å². The molecule has 2 rings (SSSR count). The predicted octanol–water partition coefficient (Wildman–Crippen LogP) is -1.06. The van der Waals surface area contributed by atoms with Crippen LogP contribution in [0.2, 0.25) is 0 Å². The summed E-state index contributed by atoms with van der Waals surface area (Å²) in [6.07, 6.45) is 0.870. The van der Waals surface area contributed by atoms with Crippen molar-refractivity contribution in [1.29, 1.82) is 0 Å². The van der Waals surface area contributed by atoms with Crippen LogP contribution < -0.4 is 0 Å². The summed E-state index contributed by atoms with van der Waals surface area (Å²) in [5.74, 6) is 0. The zero-order chi connectivity index (χ0) is 9.42. The topological polar surface area (TPSA) is 63.9 Å². The van der Waals surface area contributed by atoms with Crippen molar-refractivity contribution in [2.24, 2.45) is 0 Å². The van der Waals surface area contributed by atoms with Crippen molar-refractivity contribution < 1.29 is 15.3 Å². The average Bonchev–Trinajstić information content (AvgIpc) is 2.29. The number of hydrogen-bond acceptors (Lipinski definition) is 4. The molecule has 4 heteroatoms. The number of rotatable bonds is 0. The molecular formula is C9H17NO3. The van der Waals surface area contributed by atoms with E-state index < -0.39 is 18.3 Å². The van der Waals surface area contributed by atoms with Crippen molar-refractivity contribution in [3.63, 3.8) is 0 Å². The van der Waals surface area contributed by atoms with Crippen LogP contribution in [0.25, 0.3) is 0 Å². The Balaban J connectivity index is 2.12. The molecular weight excluding hydrogens is 170 g/mol. The molecule has 0 aliphatic carbocycles. The highest BCUT2D eigenvalue weighted by Gasteiger charge is 2.44. The van der Waals surface area contributed by atoms with Gasteiger partial charge < -0.3 is 15.3 Å². The van der Waals surface area contributed by atoms with Gasteiger partial charge in [0.25, 0.3) is 0 Å². The molecule has 4 atom stereocenters. The fourth-order valence-electron chi connectivity index (χ4n) is 2.46. The first-order valence-corrected chi connectivity index (χ1v) is 4.98. The minimum atomic E-state index is -0.770. The fraction of sp³-hybridized carbons (Fsp3) is 1.00. The third-order valence-electron chi connectivity index (χ3n) is 3.18. The highest BCUT2D eigenvalue weighted by molar-refractivity contribution is 4.98. The Hall–Kier alpha value is -0.160. The zero-order valence-electron chi connectivity index (χ0n) is 7.63. The molecule has 3 N–H and O–H groups in total. The third-order valence-corrected chi connectivity index (χ3v) is 3.18. The van der Waals surface area contributed by atoms with Gasteiger partial charge >= 0.3 is 0 Å². The monoisotopic (exact) mass is 187 g/mol. The van der Waals surface area contributed by atoms with Gasteiger partial charge in [-0.3, -0.25) is 4.90 Å². The van der Waals surface area contributed by atoms with Crippen molar-refractivity contribution in [3.8, 4) is 0 Å². The molecule has 2 heterocycles. The van der Waals surface area contributed by atoms with Crippen LogP contribution in [0.15, 0.2) is 0 Å². The molecule has 2 aliphatic heterocycles. The van der Waals surface area contributed by atoms with Crippen LogP contribution in [-0.4, -0.2) is 57.7 Å². The quantitative estimate of drug-likeness (QED) is 0.452. The van der Waals surface area contributed by atoms with E-state index in [1.165, 1.54) is 0 Å². The average molecular weight is 187 g/mol. The van der Waals surface area contributed by atoms with Gasteiger partial charge in [0.2, 0.25) is 0 Å². The summed E-state index contributed by atoms with van der Waals surface area (Å²) in [6.45, 7) is 1.39. The maximum atomic E-state index is 9.73. The highest BCUT2D eigenvalue weighted by Crippen LogP contribution is 2.26. The van der Waals surface area contributed by atoms with Gasteiger partial charge in [-0.2, -0.15) is 0 Å². The van der Waals surface area contributed by atoms with Crippen LogP contribution in [0.1, 0.15) is 19.3 Å². The molecule has 0 radical (unpaired) electrons. The van der Waals surface area contributed by atoms with E-state index in [4.69, 9.17) is 0 Å². The Labute approximate surface area is 77.8 Å². The molecule has 2 aliphatic rings. The molecule has 76 valence electrons. The van der Waals surface area contributed by atoms with Gasteiger partial charge in [-0.1, -0.05) is 0 Å². The normalized spacial score (nSPS) is 47.3. The van der Waals surface area contributed by atoms with Gasteiger partial charge in [0, 0.05) is 6.54 Å². The lowest BCUT2D eigenvalue weighted by Crippen LogP contribution is -2.44. The minimum Gasteiger partial charge on any atom is -0.391 e. The molecule has 0 spiro atoms. The largest absolute Gasteiger partial charge is 0.391 e. The summed E-state index contributed by atoms with van der Waals surface area (Å²) in [5, 5.41) is 28.8. The van der Waals surface area contributed by atoms with Crippen LogP contribution in [0.4, 0.5) is 0 Å². The SMILES string of the molecule is O[C@@H]1[C@H]2[C@@H](O)CCCCN2C[C@@H]1O. The molecule has 0 aromatic rings. The number of nitrogens with zero attached hydrogens (tertiary/aromatic N) is 1. The second kappa shape index (κ2) is 3.53. The van der Waals surface area contributed by atoms with Gasteiger partial charge in [-0.25, -0.2) is 0 Å². The Morgan fingerprint density at radius 1 is 1.00 bits per heavy atom. The molecule has 0 saturated carbocycles. The van der Waals surface area contributed by atoms with Crippen LogP contribution in [0, 0.1) is 0 Å². The summed E-state index contributed by atoms with van der Waals surface area (Å²) in [4.78, 5) is 2.01. The molecule has 4 nitrogen and oxygen atoms in total. The molecule has 0 aromatic carbocycles. The van der Waals surface area contributed by atoms with Crippen LogP contribution in [0.3, 0.4) is 0 Å².